The smallest absolute Gasteiger partial charge is 0.242 e. The monoisotopic (exact) mass is 378 g/mol. The number of rotatable bonds is 4. The molecule has 0 bridgehead atoms. The lowest BCUT2D eigenvalue weighted by Gasteiger charge is -2.14. The topological polar surface area (TPSA) is 72.2 Å². The van der Waals surface area contributed by atoms with E-state index in [2.05, 4.69) is 20.7 Å². The number of hydrogen-bond donors (Lipinski definition) is 2. The molecule has 0 aliphatic heterocycles. The Kier molecular flexibility index (Phi) is 4.48. The standard InChI is InChI=1S/C12H12BrFN2O2S2/c1-7(11-3-2-4-19-11)16-20(17,18)12-6-10(15)9(14)5-8(12)13/h2-7,16H,15H2,1H3. The molecule has 1 unspecified atom stereocenters. The van der Waals surface area contributed by atoms with Crippen molar-refractivity contribution < 1.29 is 12.8 Å². The number of benzene rings is 1. The highest BCUT2D eigenvalue weighted by molar-refractivity contribution is 9.10. The molecule has 0 saturated carbocycles. The van der Waals surface area contributed by atoms with Crippen LogP contribution in [0.25, 0.3) is 0 Å². The lowest BCUT2D eigenvalue weighted by atomic mass is 10.3. The minimum atomic E-state index is -3.79. The van der Waals surface area contributed by atoms with E-state index in [1.165, 1.54) is 11.3 Å². The highest BCUT2D eigenvalue weighted by Gasteiger charge is 2.22. The van der Waals surface area contributed by atoms with Crippen LogP contribution in [0.5, 0.6) is 0 Å². The van der Waals surface area contributed by atoms with Crippen LogP contribution in [0.15, 0.2) is 39.0 Å². The van der Waals surface area contributed by atoms with E-state index in [-0.39, 0.29) is 21.1 Å². The summed E-state index contributed by atoms with van der Waals surface area (Å²) < 4.78 is 40.6. The molecule has 1 atom stereocenters. The van der Waals surface area contributed by atoms with Crippen molar-refractivity contribution >= 4 is 43.0 Å². The zero-order valence-corrected chi connectivity index (χ0v) is 13.6. The second kappa shape index (κ2) is 5.80. The van der Waals surface area contributed by atoms with Gasteiger partial charge in [0.15, 0.2) is 0 Å². The van der Waals surface area contributed by atoms with Crippen LogP contribution in [0.3, 0.4) is 0 Å². The molecule has 8 heteroatoms. The molecule has 4 nitrogen and oxygen atoms in total. The van der Waals surface area contributed by atoms with Crippen LogP contribution in [0.4, 0.5) is 10.1 Å². The second-order valence-electron chi connectivity index (χ2n) is 4.16. The normalized spacial score (nSPS) is 13.3. The Morgan fingerprint density at radius 2 is 2.15 bits per heavy atom. The third kappa shape index (κ3) is 3.20. The number of nitrogens with two attached hydrogens (primary N) is 1. The molecule has 1 aromatic carbocycles. The van der Waals surface area contributed by atoms with Gasteiger partial charge in [0, 0.05) is 9.35 Å². The minimum absolute atomic E-state index is 0.0835. The summed E-state index contributed by atoms with van der Waals surface area (Å²) in [4.78, 5) is 0.805. The molecular formula is C12H12BrFN2O2S2. The van der Waals surface area contributed by atoms with Crippen molar-refractivity contribution in [2.24, 2.45) is 0 Å². The van der Waals surface area contributed by atoms with E-state index in [9.17, 15) is 12.8 Å². The molecule has 0 fully saturated rings. The molecule has 0 spiro atoms. The number of halogens is 2. The van der Waals surface area contributed by atoms with Crippen LogP contribution < -0.4 is 10.5 Å². The van der Waals surface area contributed by atoms with Gasteiger partial charge in [-0.3, -0.25) is 0 Å². The largest absolute Gasteiger partial charge is 0.396 e. The van der Waals surface area contributed by atoms with E-state index >= 15 is 0 Å². The van der Waals surface area contributed by atoms with Crippen molar-refractivity contribution in [2.75, 3.05) is 5.73 Å². The zero-order chi connectivity index (χ0) is 14.9. The molecule has 0 radical (unpaired) electrons. The Morgan fingerprint density at radius 3 is 2.75 bits per heavy atom. The predicted molar refractivity (Wildman–Crippen MR) is 81.6 cm³/mol. The summed E-state index contributed by atoms with van der Waals surface area (Å²) in [7, 11) is -3.79. The van der Waals surface area contributed by atoms with E-state index in [0.717, 1.165) is 17.0 Å². The van der Waals surface area contributed by atoms with Gasteiger partial charge in [0.1, 0.15) is 5.82 Å². The van der Waals surface area contributed by atoms with Crippen molar-refractivity contribution in [1.29, 1.82) is 0 Å². The van der Waals surface area contributed by atoms with Crippen molar-refractivity contribution in [1.82, 2.24) is 4.72 Å². The average molecular weight is 379 g/mol. The summed E-state index contributed by atoms with van der Waals surface area (Å²) in [6.07, 6.45) is 0. The molecule has 20 heavy (non-hydrogen) atoms. The molecule has 3 N–H and O–H groups in total. The molecule has 0 saturated heterocycles. The molecule has 2 aromatic rings. The Labute approximate surface area is 129 Å². The first-order chi connectivity index (χ1) is 9.31. The van der Waals surface area contributed by atoms with Gasteiger partial charge in [0.2, 0.25) is 10.0 Å². The molecule has 0 aliphatic carbocycles. The van der Waals surface area contributed by atoms with Gasteiger partial charge in [-0.1, -0.05) is 6.07 Å². The van der Waals surface area contributed by atoms with Gasteiger partial charge in [-0.2, -0.15) is 0 Å². The number of nitrogen functional groups attached to an aromatic ring is 1. The minimum Gasteiger partial charge on any atom is -0.396 e. The number of anilines is 1. The maximum Gasteiger partial charge on any atom is 0.242 e. The quantitative estimate of drug-likeness (QED) is 0.801. The first kappa shape index (κ1) is 15.4. The summed E-state index contributed by atoms with van der Waals surface area (Å²) >= 11 is 4.50. The van der Waals surface area contributed by atoms with E-state index in [1.54, 1.807) is 6.92 Å². The third-order valence-electron chi connectivity index (χ3n) is 2.64. The van der Waals surface area contributed by atoms with Crippen LogP contribution in [0, 0.1) is 5.82 Å². The van der Waals surface area contributed by atoms with Crippen LogP contribution in [0.2, 0.25) is 0 Å². The van der Waals surface area contributed by atoms with Gasteiger partial charge < -0.3 is 5.73 Å². The Bertz CT molecular complexity index is 717. The fourth-order valence-corrected chi connectivity index (χ4v) is 4.72. The number of nitrogens with one attached hydrogen (secondary N) is 1. The van der Waals surface area contributed by atoms with Crippen LogP contribution in [-0.2, 0) is 10.0 Å². The SMILES string of the molecule is CC(NS(=O)(=O)c1cc(N)c(F)cc1Br)c1cccs1. The van der Waals surface area contributed by atoms with E-state index in [4.69, 9.17) is 5.73 Å². The number of thiophene rings is 1. The van der Waals surface area contributed by atoms with Crippen LogP contribution >= 0.6 is 27.3 Å². The Morgan fingerprint density at radius 1 is 1.45 bits per heavy atom. The predicted octanol–water partition coefficient (Wildman–Crippen LogP) is 3.27. The molecule has 1 aromatic heterocycles. The number of sulfonamides is 1. The summed E-state index contributed by atoms with van der Waals surface area (Å²) in [5, 5.41) is 1.87. The summed E-state index contributed by atoms with van der Waals surface area (Å²) in [5.74, 6) is -0.665. The molecule has 1 heterocycles. The van der Waals surface area contributed by atoms with Crippen molar-refractivity contribution in [2.45, 2.75) is 17.9 Å². The van der Waals surface area contributed by atoms with Crippen molar-refractivity contribution in [3.8, 4) is 0 Å². The number of hydrogen-bond acceptors (Lipinski definition) is 4. The maximum atomic E-state index is 13.3. The fraction of sp³-hybridized carbons (Fsp3) is 0.167. The van der Waals surface area contributed by atoms with Crippen LogP contribution in [-0.4, -0.2) is 8.42 Å². The third-order valence-corrected chi connectivity index (χ3v) is 6.20. The highest BCUT2D eigenvalue weighted by Crippen LogP contribution is 2.28. The Hall–Kier alpha value is -0.960. The van der Waals surface area contributed by atoms with Gasteiger partial charge in [-0.05, 0) is 46.4 Å². The van der Waals surface area contributed by atoms with Gasteiger partial charge in [0.25, 0.3) is 0 Å². The molecule has 2 rings (SSSR count). The first-order valence-electron chi connectivity index (χ1n) is 5.61. The fourth-order valence-electron chi connectivity index (χ4n) is 1.64. The summed E-state index contributed by atoms with van der Waals surface area (Å²) in [5.41, 5.74) is 5.21. The summed E-state index contributed by atoms with van der Waals surface area (Å²) in [6.45, 7) is 1.74. The van der Waals surface area contributed by atoms with E-state index < -0.39 is 15.8 Å². The first-order valence-corrected chi connectivity index (χ1v) is 8.77. The lowest BCUT2D eigenvalue weighted by molar-refractivity contribution is 0.567. The molecule has 0 amide bonds. The van der Waals surface area contributed by atoms with E-state index in [0.29, 0.717) is 0 Å². The molecule has 0 aliphatic rings. The van der Waals surface area contributed by atoms with Gasteiger partial charge >= 0.3 is 0 Å². The zero-order valence-electron chi connectivity index (χ0n) is 10.4. The van der Waals surface area contributed by atoms with Gasteiger partial charge in [0.05, 0.1) is 16.6 Å². The van der Waals surface area contributed by atoms with Crippen molar-refractivity contribution in [3.05, 3.63) is 44.8 Å². The van der Waals surface area contributed by atoms with Gasteiger partial charge in [-0.15, -0.1) is 11.3 Å². The summed E-state index contributed by atoms with van der Waals surface area (Å²) in [6, 6.07) is 5.45. The lowest BCUT2D eigenvalue weighted by Crippen LogP contribution is -2.26. The van der Waals surface area contributed by atoms with Gasteiger partial charge in [-0.25, -0.2) is 17.5 Å². The second-order valence-corrected chi connectivity index (χ2v) is 7.68. The van der Waals surface area contributed by atoms with E-state index in [1.807, 2.05) is 17.5 Å². The molecule has 108 valence electrons. The van der Waals surface area contributed by atoms with Crippen molar-refractivity contribution in [3.63, 3.8) is 0 Å². The maximum absolute atomic E-state index is 13.3. The Balaban J connectivity index is 2.34. The molecular weight excluding hydrogens is 367 g/mol. The highest BCUT2D eigenvalue weighted by atomic mass is 79.9. The average Bonchev–Trinajstić information content (AvgIpc) is 2.86. The van der Waals surface area contributed by atoms with Crippen LogP contribution in [0.1, 0.15) is 17.8 Å².